The quantitative estimate of drug-likeness (QED) is 0.853. The summed E-state index contributed by atoms with van der Waals surface area (Å²) < 4.78 is 0. The Labute approximate surface area is 117 Å². The lowest BCUT2D eigenvalue weighted by Crippen LogP contribution is -2.44. The van der Waals surface area contributed by atoms with Crippen LogP contribution in [0.5, 0.6) is 0 Å². The van der Waals surface area contributed by atoms with Crippen molar-refractivity contribution in [1.29, 1.82) is 0 Å². The molecule has 2 rings (SSSR count). The zero-order chi connectivity index (χ0) is 13.7. The van der Waals surface area contributed by atoms with Crippen molar-refractivity contribution >= 4 is 5.91 Å². The average Bonchev–Trinajstić information content (AvgIpc) is 2.71. The summed E-state index contributed by atoms with van der Waals surface area (Å²) in [4.78, 5) is 15.0. The first-order valence-electron chi connectivity index (χ1n) is 8.26. The highest BCUT2D eigenvalue weighted by molar-refractivity contribution is 5.79. The van der Waals surface area contributed by atoms with Crippen molar-refractivity contribution in [3.05, 3.63) is 0 Å². The van der Waals surface area contributed by atoms with E-state index in [4.69, 9.17) is 5.73 Å². The Hall–Kier alpha value is -0.570. The predicted molar refractivity (Wildman–Crippen MR) is 78.8 cm³/mol. The third-order valence-electron chi connectivity index (χ3n) is 5.16. The van der Waals surface area contributed by atoms with Gasteiger partial charge in [0, 0.05) is 18.5 Å². The van der Waals surface area contributed by atoms with Gasteiger partial charge in [-0.15, -0.1) is 0 Å². The fraction of sp³-hybridized carbons (Fsp3) is 0.938. The normalized spacial score (nSPS) is 32.9. The molecule has 2 aliphatic rings. The van der Waals surface area contributed by atoms with Gasteiger partial charge in [-0.05, 0) is 57.4 Å². The maximum Gasteiger partial charge on any atom is 0.225 e. The molecule has 1 heterocycles. The van der Waals surface area contributed by atoms with E-state index in [1.54, 1.807) is 0 Å². The molecule has 2 N–H and O–H groups in total. The molecule has 3 heteroatoms. The van der Waals surface area contributed by atoms with Gasteiger partial charge in [-0.25, -0.2) is 0 Å². The van der Waals surface area contributed by atoms with Crippen molar-refractivity contribution in [1.82, 2.24) is 4.90 Å². The minimum Gasteiger partial charge on any atom is -0.339 e. The zero-order valence-corrected chi connectivity index (χ0v) is 12.4. The van der Waals surface area contributed by atoms with Crippen LogP contribution in [0.1, 0.15) is 64.7 Å². The highest BCUT2D eigenvalue weighted by atomic mass is 16.2. The van der Waals surface area contributed by atoms with Gasteiger partial charge < -0.3 is 10.6 Å². The first-order chi connectivity index (χ1) is 9.26. The Morgan fingerprint density at radius 1 is 1.11 bits per heavy atom. The van der Waals surface area contributed by atoms with Crippen LogP contribution in [0.4, 0.5) is 0 Å². The molecule has 2 fully saturated rings. The second kappa shape index (κ2) is 7.28. The minimum atomic E-state index is 0.287. The molecule has 3 nitrogen and oxygen atoms in total. The van der Waals surface area contributed by atoms with Crippen LogP contribution in [0.25, 0.3) is 0 Å². The molecule has 0 bridgehead atoms. The summed E-state index contributed by atoms with van der Waals surface area (Å²) in [5.74, 6) is 1.40. The van der Waals surface area contributed by atoms with Crippen LogP contribution in [0, 0.1) is 11.8 Å². The van der Waals surface area contributed by atoms with Crippen molar-refractivity contribution in [2.24, 2.45) is 17.6 Å². The smallest absolute Gasteiger partial charge is 0.225 e. The lowest BCUT2D eigenvalue weighted by atomic mass is 9.81. The fourth-order valence-electron chi connectivity index (χ4n) is 3.77. The monoisotopic (exact) mass is 266 g/mol. The number of amides is 1. The van der Waals surface area contributed by atoms with Crippen molar-refractivity contribution in [2.45, 2.75) is 70.8 Å². The summed E-state index contributed by atoms with van der Waals surface area (Å²) in [7, 11) is 0. The molecule has 1 saturated carbocycles. The Balaban J connectivity index is 1.93. The van der Waals surface area contributed by atoms with E-state index in [0.29, 0.717) is 17.9 Å². The summed E-state index contributed by atoms with van der Waals surface area (Å²) in [6, 6.07) is 0.502. The lowest BCUT2D eigenvalue weighted by Gasteiger charge is -2.35. The van der Waals surface area contributed by atoms with Crippen LogP contribution in [0.3, 0.4) is 0 Å². The van der Waals surface area contributed by atoms with Crippen LogP contribution in [-0.4, -0.2) is 29.9 Å². The predicted octanol–water partition coefficient (Wildman–Crippen LogP) is 2.93. The van der Waals surface area contributed by atoms with Crippen LogP contribution < -0.4 is 5.73 Å². The van der Waals surface area contributed by atoms with Crippen LogP contribution in [0.2, 0.25) is 0 Å². The van der Waals surface area contributed by atoms with E-state index in [2.05, 4.69) is 11.8 Å². The molecule has 0 spiro atoms. The highest BCUT2D eigenvalue weighted by Crippen LogP contribution is 2.31. The van der Waals surface area contributed by atoms with Crippen molar-refractivity contribution in [2.75, 3.05) is 13.1 Å². The maximum atomic E-state index is 12.8. The second-order valence-electron chi connectivity index (χ2n) is 6.40. The number of rotatable bonds is 3. The molecule has 1 aliphatic carbocycles. The summed E-state index contributed by atoms with van der Waals surface area (Å²) in [5.41, 5.74) is 5.74. The molecule has 1 aliphatic heterocycles. The van der Waals surface area contributed by atoms with Gasteiger partial charge in [0.05, 0.1) is 0 Å². The third kappa shape index (κ3) is 3.71. The molecule has 0 aromatic carbocycles. The largest absolute Gasteiger partial charge is 0.339 e. The van der Waals surface area contributed by atoms with E-state index in [-0.39, 0.29) is 5.92 Å². The summed E-state index contributed by atoms with van der Waals surface area (Å²) >= 11 is 0. The highest BCUT2D eigenvalue weighted by Gasteiger charge is 2.32. The van der Waals surface area contributed by atoms with Crippen molar-refractivity contribution < 1.29 is 4.79 Å². The van der Waals surface area contributed by atoms with E-state index in [9.17, 15) is 4.79 Å². The number of carbonyl (C=O) groups is 1. The first-order valence-corrected chi connectivity index (χ1v) is 8.26. The standard InChI is InChI=1S/C16H30N2O/c1-2-15-6-4-3-5-11-18(15)16(19)14-9-7-13(12-17)8-10-14/h13-15H,2-12,17H2,1H3. The lowest BCUT2D eigenvalue weighted by molar-refractivity contribution is -0.139. The van der Waals surface area contributed by atoms with E-state index in [1.165, 1.54) is 25.7 Å². The Morgan fingerprint density at radius 2 is 1.84 bits per heavy atom. The number of carbonyl (C=O) groups excluding carboxylic acids is 1. The Kier molecular flexibility index (Phi) is 5.68. The molecule has 1 saturated heterocycles. The number of likely N-dealkylation sites (tertiary alicyclic amines) is 1. The molecule has 0 aromatic rings. The maximum absolute atomic E-state index is 12.8. The molecule has 0 aromatic heterocycles. The van der Waals surface area contributed by atoms with Gasteiger partial charge in [0.1, 0.15) is 0 Å². The number of hydrogen-bond donors (Lipinski definition) is 1. The Bertz CT molecular complexity index is 284. The fourth-order valence-corrected chi connectivity index (χ4v) is 3.77. The van der Waals surface area contributed by atoms with Gasteiger partial charge in [-0.1, -0.05) is 19.8 Å². The molecule has 19 heavy (non-hydrogen) atoms. The molecule has 1 unspecified atom stereocenters. The third-order valence-corrected chi connectivity index (χ3v) is 5.16. The topological polar surface area (TPSA) is 46.3 Å². The van der Waals surface area contributed by atoms with E-state index in [0.717, 1.165) is 45.2 Å². The SMILES string of the molecule is CCC1CCCCCN1C(=O)C1CCC(CN)CC1. The average molecular weight is 266 g/mol. The molecule has 0 radical (unpaired) electrons. The second-order valence-corrected chi connectivity index (χ2v) is 6.40. The van der Waals surface area contributed by atoms with Gasteiger partial charge >= 0.3 is 0 Å². The zero-order valence-electron chi connectivity index (χ0n) is 12.4. The first kappa shape index (κ1) is 14.8. The number of hydrogen-bond acceptors (Lipinski definition) is 2. The summed E-state index contributed by atoms with van der Waals surface area (Å²) in [6.07, 6.45) is 10.5. The van der Waals surface area contributed by atoms with Crippen LogP contribution >= 0.6 is 0 Å². The minimum absolute atomic E-state index is 0.287. The van der Waals surface area contributed by atoms with E-state index in [1.807, 2.05) is 0 Å². The van der Waals surface area contributed by atoms with Gasteiger partial charge in [0.25, 0.3) is 0 Å². The number of nitrogens with zero attached hydrogens (tertiary/aromatic N) is 1. The van der Waals surface area contributed by atoms with E-state index < -0.39 is 0 Å². The molecule has 110 valence electrons. The summed E-state index contributed by atoms with van der Waals surface area (Å²) in [6.45, 7) is 4.01. The molecule has 1 amide bonds. The van der Waals surface area contributed by atoms with Crippen molar-refractivity contribution in [3.8, 4) is 0 Å². The van der Waals surface area contributed by atoms with Gasteiger partial charge in [-0.3, -0.25) is 4.79 Å². The molecular formula is C16H30N2O. The molecular weight excluding hydrogens is 236 g/mol. The van der Waals surface area contributed by atoms with Crippen molar-refractivity contribution in [3.63, 3.8) is 0 Å². The Morgan fingerprint density at radius 3 is 2.47 bits per heavy atom. The number of nitrogens with two attached hydrogens (primary N) is 1. The van der Waals surface area contributed by atoms with Gasteiger partial charge in [0.2, 0.25) is 5.91 Å². The summed E-state index contributed by atoms with van der Waals surface area (Å²) in [5, 5.41) is 0. The van der Waals surface area contributed by atoms with Crippen LogP contribution in [0.15, 0.2) is 0 Å². The van der Waals surface area contributed by atoms with Crippen LogP contribution in [-0.2, 0) is 4.79 Å². The van der Waals surface area contributed by atoms with Gasteiger partial charge in [-0.2, -0.15) is 0 Å². The molecule has 1 atom stereocenters. The van der Waals surface area contributed by atoms with Gasteiger partial charge in [0.15, 0.2) is 0 Å². The van der Waals surface area contributed by atoms with E-state index >= 15 is 0 Å².